The number of benzene rings is 1. The smallest absolute Gasteiger partial charge is 0.265 e. The summed E-state index contributed by atoms with van der Waals surface area (Å²) in [4.78, 5) is 27.0. The van der Waals surface area contributed by atoms with Gasteiger partial charge in [0.05, 0.1) is 10.6 Å². The molecule has 2 atom stereocenters. The molecule has 0 aliphatic carbocycles. The Hall–Kier alpha value is -2.13. The van der Waals surface area contributed by atoms with Gasteiger partial charge in [0.1, 0.15) is 5.75 Å². The van der Waals surface area contributed by atoms with Crippen LogP contribution in [0.2, 0.25) is 0 Å². The molecule has 4 rings (SSSR count). The lowest BCUT2D eigenvalue weighted by atomic mass is 9.94. The molecule has 1 aromatic rings. The molecule has 0 radical (unpaired) electrons. The van der Waals surface area contributed by atoms with Crippen LogP contribution in [0.25, 0.3) is 0 Å². The van der Waals surface area contributed by atoms with Crippen molar-refractivity contribution in [2.24, 2.45) is 5.92 Å². The van der Waals surface area contributed by atoms with Gasteiger partial charge in [0.2, 0.25) is 15.9 Å². The summed E-state index contributed by atoms with van der Waals surface area (Å²) < 4.78 is 33.8. The summed E-state index contributed by atoms with van der Waals surface area (Å²) in [5.41, 5.74) is 1.04. The summed E-state index contributed by atoms with van der Waals surface area (Å²) >= 11 is 0. The molecule has 170 valence electrons. The predicted octanol–water partition coefficient (Wildman–Crippen LogP) is 2.52. The van der Waals surface area contributed by atoms with Gasteiger partial charge in [-0.2, -0.15) is 4.31 Å². The fraction of sp³-hybridized carbons (Fsp3) is 0.636. The lowest BCUT2D eigenvalue weighted by Gasteiger charge is -2.38. The maximum atomic E-state index is 13.4. The van der Waals surface area contributed by atoms with Gasteiger partial charge in [0.15, 0.2) is 6.10 Å². The monoisotopic (exact) mass is 449 g/mol. The highest BCUT2D eigenvalue weighted by atomic mass is 32.2. The first-order chi connectivity index (χ1) is 14.7. The molecule has 0 unspecified atom stereocenters. The Kier molecular flexibility index (Phi) is 6.00. The minimum atomic E-state index is -3.73. The van der Waals surface area contributed by atoms with Crippen LogP contribution in [-0.4, -0.2) is 61.2 Å². The maximum absolute atomic E-state index is 13.4. The fourth-order valence-electron chi connectivity index (χ4n) is 4.76. The average molecular weight is 450 g/mol. The Labute approximate surface area is 184 Å². The lowest BCUT2D eigenvalue weighted by Crippen LogP contribution is -2.48. The first kappa shape index (κ1) is 22.1. The van der Waals surface area contributed by atoms with E-state index in [0.717, 1.165) is 25.8 Å². The molecule has 2 saturated heterocycles. The minimum Gasteiger partial charge on any atom is -0.479 e. The van der Waals surface area contributed by atoms with Crippen LogP contribution in [0.3, 0.4) is 0 Å². The number of ether oxygens (including phenoxy) is 1. The number of hydrogen-bond acceptors (Lipinski definition) is 5. The number of hydrogen-bond donors (Lipinski definition) is 1. The molecule has 1 aromatic carbocycles. The van der Waals surface area contributed by atoms with Crippen molar-refractivity contribution in [3.63, 3.8) is 0 Å². The van der Waals surface area contributed by atoms with E-state index in [1.807, 2.05) is 4.90 Å². The van der Waals surface area contributed by atoms with E-state index in [9.17, 15) is 18.0 Å². The van der Waals surface area contributed by atoms with E-state index in [1.54, 1.807) is 19.9 Å². The molecule has 3 heterocycles. The SMILES string of the molecule is Cc1cc2c(cc1S(=O)(=O)N1CCC(C(=O)N3CCCC[C@@H]3C)CC1)O[C@H](C)C(=O)N2. The highest BCUT2D eigenvalue weighted by Gasteiger charge is 2.36. The molecule has 1 N–H and O–H groups in total. The molecule has 8 nitrogen and oxygen atoms in total. The van der Waals surface area contributed by atoms with Gasteiger partial charge in [-0.3, -0.25) is 9.59 Å². The molecule has 3 aliphatic rings. The number of sulfonamides is 1. The number of amides is 2. The molecule has 9 heteroatoms. The van der Waals surface area contributed by atoms with Gasteiger partial charge >= 0.3 is 0 Å². The second kappa shape index (κ2) is 8.43. The zero-order valence-corrected chi connectivity index (χ0v) is 19.2. The standard InChI is InChI=1S/C22H31N3O5S/c1-14-12-18-19(30-16(3)21(26)23-18)13-20(14)31(28,29)24-10-7-17(8-11-24)22(27)25-9-5-4-6-15(25)2/h12-13,15-17H,4-11H2,1-3H3,(H,23,26)/t15-,16+/m0/s1. The van der Waals surface area contributed by atoms with Crippen LogP contribution in [0.1, 0.15) is 51.5 Å². The van der Waals surface area contributed by atoms with Gasteiger partial charge in [0, 0.05) is 37.7 Å². The third-order valence-corrected chi connectivity index (χ3v) is 8.76. The Bertz CT molecular complexity index is 985. The number of piperidine rings is 2. The number of aryl methyl sites for hydroxylation is 1. The Morgan fingerprint density at radius 3 is 2.48 bits per heavy atom. The topological polar surface area (TPSA) is 96.0 Å². The largest absolute Gasteiger partial charge is 0.479 e. The van der Waals surface area contributed by atoms with E-state index >= 15 is 0 Å². The van der Waals surface area contributed by atoms with Crippen molar-refractivity contribution in [2.45, 2.75) is 69.9 Å². The van der Waals surface area contributed by atoms with Crippen molar-refractivity contribution in [2.75, 3.05) is 25.0 Å². The molecular weight excluding hydrogens is 418 g/mol. The van der Waals surface area contributed by atoms with Crippen LogP contribution < -0.4 is 10.1 Å². The molecule has 2 amide bonds. The van der Waals surface area contributed by atoms with Crippen molar-refractivity contribution < 1.29 is 22.7 Å². The van der Waals surface area contributed by atoms with Crippen LogP contribution in [-0.2, 0) is 19.6 Å². The number of nitrogens with zero attached hydrogens (tertiary/aromatic N) is 2. The van der Waals surface area contributed by atoms with Crippen molar-refractivity contribution in [3.8, 4) is 5.75 Å². The highest BCUT2D eigenvalue weighted by molar-refractivity contribution is 7.89. The average Bonchev–Trinajstić information content (AvgIpc) is 2.74. The van der Waals surface area contributed by atoms with Crippen LogP contribution >= 0.6 is 0 Å². The van der Waals surface area contributed by atoms with Crippen molar-refractivity contribution in [1.29, 1.82) is 0 Å². The van der Waals surface area contributed by atoms with E-state index in [4.69, 9.17) is 4.74 Å². The highest BCUT2D eigenvalue weighted by Crippen LogP contribution is 2.36. The molecule has 0 saturated carbocycles. The van der Waals surface area contributed by atoms with Crippen molar-refractivity contribution in [3.05, 3.63) is 17.7 Å². The summed E-state index contributed by atoms with van der Waals surface area (Å²) in [7, 11) is -3.73. The van der Waals surface area contributed by atoms with Gasteiger partial charge in [-0.1, -0.05) is 0 Å². The van der Waals surface area contributed by atoms with Crippen LogP contribution in [0, 0.1) is 12.8 Å². The van der Waals surface area contributed by atoms with Crippen molar-refractivity contribution in [1.82, 2.24) is 9.21 Å². The van der Waals surface area contributed by atoms with Crippen LogP contribution in [0.4, 0.5) is 5.69 Å². The fourth-order valence-corrected chi connectivity index (χ4v) is 6.45. The summed E-state index contributed by atoms with van der Waals surface area (Å²) in [6.07, 6.45) is 3.64. The van der Waals surface area contributed by atoms with Crippen LogP contribution in [0.5, 0.6) is 5.75 Å². The third-order valence-electron chi connectivity index (χ3n) is 6.72. The van der Waals surface area contributed by atoms with E-state index < -0.39 is 16.1 Å². The van der Waals surface area contributed by atoms with Gasteiger partial charge in [-0.05, 0) is 64.5 Å². The molecule has 0 bridgehead atoms. The normalized spacial score (nSPS) is 25.5. The van der Waals surface area contributed by atoms with E-state index in [2.05, 4.69) is 12.2 Å². The number of anilines is 1. The zero-order valence-electron chi connectivity index (χ0n) is 18.4. The summed E-state index contributed by atoms with van der Waals surface area (Å²) in [5, 5.41) is 2.75. The number of rotatable bonds is 3. The number of carbonyl (C=O) groups excluding carboxylic acids is 2. The Morgan fingerprint density at radius 1 is 1.10 bits per heavy atom. The third kappa shape index (κ3) is 4.17. The van der Waals surface area contributed by atoms with Gasteiger partial charge < -0.3 is 15.0 Å². The predicted molar refractivity (Wildman–Crippen MR) is 116 cm³/mol. The van der Waals surface area contributed by atoms with E-state index in [0.29, 0.717) is 42.9 Å². The van der Waals surface area contributed by atoms with Gasteiger partial charge in [-0.15, -0.1) is 0 Å². The van der Waals surface area contributed by atoms with Crippen LogP contribution in [0.15, 0.2) is 17.0 Å². The molecule has 3 aliphatic heterocycles. The van der Waals surface area contributed by atoms with E-state index in [-0.39, 0.29) is 28.7 Å². The minimum absolute atomic E-state index is 0.115. The first-order valence-electron chi connectivity index (χ1n) is 11.1. The Balaban J connectivity index is 1.48. The quantitative estimate of drug-likeness (QED) is 0.765. The van der Waals surface area contributed by atoms with Gasteiger partial charge in [0.25, 0.3) is 5.91 Å². The summed E-state index contributed by atoms with van der Waals surface area (Å²) in [6, 6.07) is 3.41. The maximum Gasteiger partial charge on any atom is 0.265 e. The Morgan fingerprint density at radius 2 is 1.81 bits per heavy atom. The second-order valence-electron chi connectivity index (χ2n) is 8.92. The van der Waals surface area contributed by atoms with Gasteiger partial charge in [-0.25, -0.2) is 8.42 Å². The molecule has 0 spiro atoms. The second-order valence-corrected chi connectivity index (χ2v) is 10.8. The first-order valence-corrected chi connectivity index (χ1v) is 12.6. The van der Waals surface area contributed by atoms with Crippen molar-refractivity contribution >= 4 is 27.5 Å². The summed E-state index contributed by atoms with van der Waals surface area (Å²) in [5.74, 6) is 0.168. The molecule has 2 fully saturated rings. The number of likely N-dealkylation sites (tertiary alicyclic amines) is 1. The molecule has 0 aromatic heterocycles. The molecular formula is C22H31N3O5S. The lowest BCUT2D eigenvalue weighted by molar-refractivity contribution is -0.140. The van der Waals surface area contributed by atoms with E-state index in [1.165, 1.54) is 10.4 Å². The number of fused-ring (bicyclic) bond motifs is 1. The summed E-state index contributed by atoms with van der Waals surface area (Å²) in [6.45, 7) is 6.89. The number of nitrogens with one attached hydrogen (secondary N) is 1. The zero-order chi connectivity index (χ0) is 22.3. The number of carbonyl (C=O) groups is 2. The molecule has 31 heavy (non-hydrogen) atoms.